The van der Waals surface area contributed by atoms with E-state index in [2.05, 4.69) is 15.5 Å². The summed E-state index contributed by atoms with van der Waals surface area (Å²) in [6, 6.07) is -0.00460. The van der Waals surface area contributed by atoms with Crippen LogP contribution in [0.5, 0.6) is 0 Å². The molecule has 1 aromatic heterocycles. The number of carbonyl (C=O) groups is 1. The number of hydrogen-bond donors (Lipinski definition) is 2. The summed E-state index contributed by atoms with van der Waals surface area (Å²) in [5.74, 6) is 1.53. The minimum absolute atomic E-state index is 0. The second kappa shape index (κ2) is 8.30. The number of nitrogens with two attached hydrogens (primary N) is 1. The van der Waals surface area contributed by atoms with E-state index >= 15 is 0 Å². The summed E-state index contributed by atoms with van der Waals surface area (Å²) in [5, 5.41) is 7.16. The van der Waals surface area contributed by atoms with Crippen LogP contribution < -0.4 is 11.1 Å². The first-order valence-electron chi connectivity index (χ1n) is 8.99. The van der Waals surface area contributed by atoms with Gasteiger partial charge < -0.3 is 15.6 Å². The van der Waals surface area contributed by atoms with Crippen LogP contribution in [0.2, 0.25) is 0 Å². The van der Waals surface area contributed by atoms with Crippen LogP contribution in [0, 0.1) is 5.92 Å². The second-order valence-electron chi connectivity index (χ2n) is 7.32. The van der Waals surface area contributed by atoms with E-state index in [0.29, 0.717) is 18.1 Å². The van der Waals surface area contributed by atoms with E-state index < -0.39 is 5.54 Å². The molecule has 7 heteroatoms. The molecule has 0 aliphatic heterocycles. The van der Waals surface area contributed by atoms with Gasteiger partial charge in [0.1, 0.15) is 0 Å². The van der Waals surface area contributed by atoms with E-state index in [1.54, 1.807) is 0 Å². The molecule has 2 aliphatic rings. The Morgan fingerprint density at radius 1 is 1.29 bits per heavy atom. The molecule has 1 heterocycles. The van der Waals surface area contributed by atoms with Crippen molar-refractivity contribution < 1.29 is 9.32 Å². The smallest absolute Gasteiger partial charge is 0.228 e. The second-order valence-corrected chi connectivity index (χ2v) is 7.32. The molecular weight excluding hydrogens is 328 g/mol. The molecule has 2 aliphatic carbocycles. The largest absolute Gasteiger partial charge is 0.353 e. The summed E-state index contributed by atoms with van der Waals surface area (Å²) < 4.78 is 5.35. The highest BCUT2D eigenvalue weighted by atomic mass is 35.5. The first-order valence-corrected chi connectivity index (χ1v) is 8.99. The number of aromatic nitrogens is 2. The average molecular weight is 357 g/mol. The van der Waals surface area contributed by atoms with Crippen LogP contribution in [0.15, 0.2) is 4.52 Å². The lowest BCUT2D eigenvalue weighted by atomic mass is 9.88. The molecule has 1 atom stereocenters. The molecule has 1 unspecified atom stereocenters. The van der Waals surface area contributed by atoms with Crippen molar-refractivity contribution in [3.63, 3.8) is 0 Å². The minimum atomic E-state index is -0.420. The molecule has 0 bridgehead atoms. The predicted octanol–water partition coefficient (Wildman–Crippen LogP) is 2.85. The van der Waals surface area contributed by atoms with Crippen molar-refractivity contribution in [3.05, 3.63) is 11.7 Å². The molecule has 136 valence electrons. The normalized spacial score (nSPS) is 21.9. The van der Waals surface area contributed by atoms with Crippen LogP contribution in [-0.4, -0.2) is 22.1 Å². The number of rotatable bonds is 5. The van der Waals surface area contributed by atoms with Crippen molar-refractivity contribution in [1.82, 2.24) is 15.5 Å². The Morgan fingerprint density at radius 2 is 1.96 bits per heavy atom. The molecule has 0 radical (unpaired) electrons. The van der Waals surface area contributed by atoms with E-state index in [9.17, 15) is 4.79 Å². The molecule has 1 aromatic rings. The molecule has 1 amide bonds. The Hall–Kier alpha value is -1.14. The third-order valence-corrected chi connectivity index (χ3v) is 5.25. The Bertz CT molecular complexity index is 536. The van der Waals surface area contributed by atoms with Crippen LogP contribution in [0.25, 0.3) is 0 Å². The van der Waals surface area contributed by atoms with Crippen LogP contribution in [0.4, 0.5) is 0 Å². The molecule has 2 fully saturated rings. The summed E-state index contributed by atoms with van der Waals surface area (Å²) >= 11 is 0. The summed E-state index contributed by atoms with van der Waals surface area (Å²) in [6.07, 6.45) is 10.2. The number of halogens is 1. The summed E-state index contributed by atoms with van der Waals surface area (Å²) in [4.78, 5) is 16.7. The topological polar surface area (TPSA) is 94.0 Å². The van der Waals surface area contributed by atoms with Crippen LogP contribution in [0.1, 0.15) is 76.4 Å². The lowest BCUT2D eigenvalue weighted by Crippen LogP contribution is -2.39. The third kappa shape index (κ3) is 4.48. The molecule has 3 rings (SSSR count). The molecule has 2 saturated carbocycles. The van der Waals surface area contributed by atoms with Crippen molar-refractivity contribution in [2.45, 2.75) is 82.7 Å². The van der Waals surface area contributed by atoms with Crippen molar-refractivity contribution >= 4 is 18.3 Å². The highest BCUT2D eigenvalue weighted by Crippen LogP contribution is 2.34. The maximum atomic E-state index is 12.3. The van der Waals surface area contributed by atoms with Crippen LogP contribution in [-0.2, 0) is 16.8 Å². The Labute approximate surface area is 149 Å². The predicted molar refractivity (Wildman–Crippen MR) is 93.8 cm³/mol. The fourth-order valence-electron chi connectivity index (χ4n) is 3.81. The van der Waals surface area contributed by atoms with E-state index in [1.165, 1.54) is 6.42 Å². The van der Waals surface area contributed by atoms with Gasteiger partial charge in [-0.25, -0.2) is 0 Å². The zero-order valence-corrected chi connectivity index (χ0v) is 15.2. The van der Waals surface area contributed by atoms with Gasteiger partial charge in [-0.05, 0) is 32.6 Å². The molecular formula is C17H29ClN4O2. The van der Waals surface area contributed by atoms with Gasteiger partial charge >= 0.3 is 0 Å². The number of nitrogens with one attached hydrogen (secondary N) is 1. The maximum absolute atomic E-state index is 12.3. The summed E-state index contributed by atoms with van der Waals surface area (Å²) in [6.45, 7) is 1.98. The highest BCUT2D eigenvalue weighted by Gasteiger charge is 2.36. The lowest BCUT2D eigenvalue weighted by Gasteiger charge is -2.22. The number of carbonyl (C=O) groups excluding carboxylic acids is 1. The van der Waals surface area contributed by atoms with Gasteiger partial charge in [0.05, 0.1) is 5.54 Å². The Morgan fingerprint density at radius 3 is 2.62 bits per heavy atom. The van der Waals surface area contributed by atoms with Gasteiger partial charge in [-0.2, -0.15) is 4.98 Å². The van der Waals surface area contributed by atoms with Crippen molar-refractivity contribution in [1.29, 1.82) is 0 Å². The molecule has 3 N–H and O–H groups in total. The SMILES string of the molecule is CC(Cc1nc(C2(N)CCCC2)no1)NC(=O)C1CCCCC1.Cl. The van der Waals surface area contributed by atoms with Gasteiger partial charge in [0, 0.05) is 18.4 Å². The molecule has 24 heavy (non-hydrogen) atoms. The van der Waals surface area contributed by atoms with E-state index in [1.807, 2.05) is 6.92 Å². The Balaban J connectivity index is 0.00000208. The molecule has 6 nitrogen and oxygen atoms in total. The minimum Gasteiger partial charge on any atom is -0.353 e. The fraction of sp³-hybridized carbons (Fsp3) is 0.824. The van der Waals surface area contributed by atoms with E-state index in [-0.39, 0.29) is 30.3 Å². The monoisotopic (exact) mass is 356 g/mol. The van der Waals surface area contributed by atoms with E-state index in [0.717, 1.165) is 51.4 Å². The summed E-state index contributed by atoms with van der Waals surface area (Å²) in [5.41, 5.74) is 5.93. The van der Waals surface area contributed by atoms with Gasteiger partial charge in [0.25, 0.3) is 0 Å². The van der Waals surface area contributed by atoms with Gasteiger partial charge in [0.15, 0.2) is 5.82 Å². The molecule has 0 saturated heterocycles. The van der Waals surface area contributed by atoms with Gasteiger partial charge in [0.2, 0.25) is 11.8 Å². The summed E-state index contributed by atoms with van der Waals surface area (Å²) in [7, 11) is 0. The fourth-order valence-corrected chi connectivity index (χ4v) is 3.81. The Kier molecular flexibility index (Phi) is 6.63. The average Bonchev–Trinajstić information content (AvgIpc) is 3.18. The molecule has 0 spiro atoms. The molecule has 0 aromatic carbocycles. The number of amides is 1. The van der Waals surface area contributed by atoms with E-state index in [4.69, 9.17) is 10.3 Å². The third-order valence-electron chi connectivity index (χ3n) is 5.25. The number of nitrogens with zero attached hydrogens (tertiary/aromatic N) is 2. The first-order chi connectivity index (χ1) is 11.1. The zero-order chi connectivity index (χ0) is 16.3. The van der Waals surface area contributed by atoms with Gasteiger partial charge in [-0.3, -0.25) is 4.79 Å². The van der Waals surface area contributed by atoms with Gasteiger partial charge in [-0.1, -0.05) is 37.3 Å². The van der Waals surface area contributed by atoms with Crippen LogP contribution >= 0.6 is 12.4 Å². The first kappa shape index (κ1) is 19.2. The lowest BCUT2D eigenvalue weighted by molar-refractivity contribution is -0.126. The highest BCUT2D eigenvalue weighted by molar-refractivity contribution is 5.85. The van der Waals surface area contributed by atoms with Crippen molar-refractivity contribution in [3.8, 4) is 0 Å². The van der Waals surface area contributed by atoms with Crippen molar-refractivity contribution in [2.24, 2.45) is 11.7 Å². The van der Waals surface area contributed by atoms with Gasteiger partial charge in [-0.15, -0.1) is 12.4 Å². The maximum Gasteiger partial charge on any atom is 0.228 e. The van der Waals surface area contributed by atoms with Crippen LogP contribution in [0.3, 0.4) is 0 Å². The quantitative estimate of drug-likeness (QED) is 0.845. The number of hydrogen-bond acceptors (Lipinski definition) is 5. The standard InChI is InChI=1S/C17H28N4O2.ClH/c1-12(19-15(22)13-7-3-2-4-8-13)11-14-20-16(21-23-14)17(18)9-5-6-10-17;/h12-13H,2-11,18H2,1H3,(H,19,22);1H. The zero-order valence-electron chi connectivity index (χ0n) is 14.4. The van der Waals surface area contributed by atoms with Crippen molar-refractivity contribution in [2.75, 3.05) is 0 Å².